The first-order chi connectivity index (χ1) is 11.6. The van der Waals surface area contributed by atoms with E-state index in [1.807, 2.05) is 24.3 Å². The molecule has 0 aliphatic heterocycles. The molecule has 5 heteroatoms. The first-order valence-electron chi connectivity index (χ1n) is 7.63. The van der Waals surface area contributed by atoms with E-state index in [-0.39, 0.29) is 5.97 Å². The quantitative estimate of drug-likeness (QED) is 0.663. The van der Waals surface area contributed by atoms with Crippen LogP contribution < -0.4 is 9.47 Å². The van der Waals surface area contributed by atoms with Gasteiger partial charge in [0.2, 0.25) is 0 Å². The topological polar surface area (TPSA) is 44.8 Å². The van der Waals surface area contributed by atoms with E-state index in [2.05, 4.69) is 28.1 Å². The van der Waals surface area contributed by atoms with Crippen LogP contribution in [0.1, 0.15) is 23.1 Å². The Hall–Kier alpha value is -2.01. The lowest BCUT2D eigenvalue weighted by atomic mass is 9.99. The van der Waals surface area contributed by atoms with E-state index in [4.69, 9.17) is 14.2 Å². The lowest BCUT2D eigenvalue weighted by molar-refractivity contribution is -0.140. The van der Waals surface area contributed by atoms with Crippen LogP contribution in [0.15, 0.2) is 40.9 Å². The lowest BCUT2D eigenvalue weighted by Gasteiger charge is -2.15. The van der Waals surface area contributed by atoms with Crippen LogP contribution in [0, 0.1) is 0 Å². The van der Waals surface area contributed by atoms with Crippen LogP contribution in [0.2, 0.25) is 0 Å². The third kappa shape index (κ3) is 4.51. The zero-order valence-electron chi connectivity index (χ0n) is 14.1. The molecule has 0 aliphatic rings. The Kier molecular flexibility index (Phi) is 6.67. The molecule has 0 saturated carbocycles. The van der Waals surface area contributed by atoms with Crippen LogP contribution in [0.4, 0.5) is 0 Å². The fraction of sp³-hybridized carbons (Fsp3) is 0.316. The van der Waals surface area contributed by atoms with E-state index in [1.165, 1.54) is 7.11 Å². The molecule has 2 aromatic rings. The summed E-state index contributed by atoms with van der Waals surface area (Å²) in [5.41, 5.74) is 3.22. The summed E-state index contributed by atoms with van der Waals surface area (Å²) in [5.74, 6) is 1.36. The number of carbonyl (C=O) groups is 1. The monoisotopic (exact) mass is 392 g/mol. The van der Waals surface area contributed by atoms with Gasteiger partial charge >= 0.3 is 5.97 Å². The minimum Gasteiger partial charge on any atom is -0.496 e. The Balaban J connectivity index is 2.25. The average molecular weight is 393 g/mol. The van der Waals surface area contributed by atoms with Gasteiger partial charge in [0.15, 0.2) is 0 Å². The van der Waals surface area contributed by atoms with Crippen molar-refractivity contribution in [2.75, 3.05) is 21.3 Å². The third-order valence-electron chi connectivity index (χ3n) is 3.81. The normalized spacial score (nSPS) is 10.3. The molecule has 0 fully saturated rings. The second kappa shape index (κ2) is 8.73. The molecule has 2 rings (SSSR count). The summed E-state index contributed by atoms with van der Waals surface area (Å²) >= 11 is 3.52. The molecule has 0 bridgehead atoms. The van der Waals surface area contributed by atoms with Crippen LogP contribution in [-0.4, -0.2) is 27.3 Å². The maximum Gasteiger partial charge on any atom is 0.305 e. The molecular formula is C19H21BrO4. The molecule has 0 unspecified atom stereocenters. The van der Waals surface area contributed by atoms with Crippen LogP contribution in [-0.2, 0) is 22.4 Å². The first-order valence-corrected chi connectivity index (χ1v) is 8.42. The molecule has 0 aliphatic carbocycles. The van der Waals surface area contributed by atoms with Crippen molar-refractivity contribution in [3.05, 3.63) is 57.6 Å². The Morgan fingerprint density at radius 2 is 1.79 bits per heavy atom. The number of aryl methyl sites for hydroxylation is 1. The highest BCUT2D eigenvalue weighted by atomic mass is 79.9. The van der Waals surface area contributed by atoms with Crippen molar-refractivity contribution < 1.29 is 19.0 Å². The number of esters is 1. The van der Waals surface area contributed by atoms with Gasteiger partial charge in [-0.15, -0.1) is 0 Å². The van der Waals surface area contributed by atoms with Crippen molar-refractivity contribution in [2.24, 2.45) is 0 Å². The Morgan fingerprint density at radius 3 is 2.46 bits per heavy atom. The van der Waals surface area contributed by atoms with Gasteiger partial charge in [-0.3, -0.25) is 4.79 Å². The molecule has 0 saturated heterocycles. The molecule has 0 N–H and O–H groups in total. The number of rotatable bonds is 7. The smallest absolute Gasteiger partial charge is 0.305 e. The zero-order valence-corrected chi connectivity index (χ0v) is 15.7. The maximum absolute atomic E-state index is 11.3. The van der Waals surface area contributed by atoms with Crippen LogP contribution in [0.25, 0.3) is 0 Å². The van der Waals surface area contributed by atoms with Crippen molar-refractivity contribution >= 4 is 21.9 Å². The summed E-state index contributed by atoms with van der Waals surface area (Å²) < 4.78 is 16.6. The van der Waals surface area contributed by atoms with E-state index in [0.717, 1.165) is 32.7 Å². The Bertz CT molecular complexity index is 713. The fourth-order valence-electron chi connectivity index (χ4n) is 2.61. The van der Waals surface area contributed by atoms with E-state index in [0.29, 0.717) is 19.3 Å². The molecule has 128 valence electrons. The first kappa shape index (κ1) is 18.3. The van der Waals surface area contributed by atoms with Crippen molar-refractivity contribution in [1.82, 2.24) is 0 Å². The summed E-state index contributed by atoms with van der Waals surface area (Å²) in [6.07, 6.45) is 1.72. The highest BCUT2D eigenvalue weighted by Gasteiger charge is 2.14. The van der Waals surface area contributed by atoms with Crippen molar-refractivity contribution in [3.8, 4) is 11.5 Å². The molecule has 0 amide bonds. The van der Waals surface area contributed by atoms with Gasteiger partial charge in [0.05, 0.1) is 25.8 Å². The predicted octanol–water partition coefficient (Wildman–Crippen LogP) is 4.16. The van der Waals surface area contributed by atoms with Gasteiger partial charge in [-0.1, -0.05) is 24.3 Å². The molecule has 4 nitrogen and oxygen atoms in total. The molecule has 24 heavy (non-hydrogen) atoms. The second-order valence-electron chi connectivity index (χ2n) is 5.33. The number of benzene rings is 2. The van der Waals surface area contributed by atoms with Crippen molar-refractivity contribution in [1.29, 1.82) is 0 Å². The highest BCUT2D eigenvalue weighted by molar-refractivity contribution is 9.10. The number of methoxy groups -OCH3 is 3. The molecular weight excluding hydrogens is 372 g/mol. The van der Waals surface area contributed by atoms with Crippen LogP contribution in [0.3, 0.4) is 0 Å². The van der Waals surface area contributed by atoms with E-state index in [1.54, 1.807) is 14.2 Å². The van der Waals surface area contributed by atoms with Gasteiger partial charge in [-0.05, 0) is 45.6 Å². The third-order valence-corrected chi connectivity index (χ3v) is 4.44. The van der Waals surface area contributed by atoms with Crippen molar-refractivity contribution in [3.63, 3.8) is 0 Å². The van der Waals surface area contributed by atoms with Crippen LogP contribution in [0.5, 0.6) is 11.5 Å². The average Bonchev–Trinajstić information content (AvgIpc) is 2.60. The minimum atomic E-state index is -0.198. The zero-order chi connectivity index (χ0) is 17.5. The lowest BCUT2D eigenvalue weighted by Crippen LogP contribution is -2.02. The van der Waals surface area contributed by atoms with Gasteiger partial charge in [0.25, 0.3) is 0 Å². The van der Waals surface area contributed by atoms with E-state index in [9.17, 15) is 4.79 Å². The van der Waals surface area contributed by atoms with Gasteiger partial charge < -0.3 is 14.2 Å². The van der Waals surface area contributed by atoms with Gasteiger partial charge in [0, 0.05) is 18.4 Å². The van der Waals surface area contributed by atoms with Gasteiger partial charge in [-0.2, -0.15) is 0 Å². The predicted molar refractivity (Wildman–Crippen MR) is 96.8 cm³/mol. The highest BCUT2D eigenvalue weighted by Crippen LogP contribution is 2.37. The summed E-state index contributed by atoms with van der Waals surface area (Å²) in [5, 5.41) is 0. The maximum atomic E-state index is 11.3. The summed E-state index contributed by atoms with van der Waals surface area (Å²) in [6.45, 7) is 0. The molecule has 0 heterocycles. The molecule has 0 atom stereocenters. The second-order valence-corrected chi connectivity index (χ2v) is 6.19. The van der Waals surface area contributed by atoms with E-state index >= 15 is 0 Å². The Morgan fingerprint density at radius 1 is 1.04 bits per heavy atom. The minimum absolute atomic E-state index is 0.198. The standard InChI is InChI=1S/C19H21BrO4/c1-22-17-9-8-16(20)19(24-3)15(17)12-14-6-4-5-13(11-14)7-10-18(21)23-2/h4-6,8-9,11H,7,10,12H2,1-3H3. The number of hydrogen-bond donors (Lipinski definition) is 0. The number of hydrogen-bond acceptors (Lipinski definition) is 4. The molecule has 0 aromatic heterocycles. The molecule has 0 spiro atoms. The molecule has 2 aromatic carbocycles. The van der Waals surface area contributed by atoms with Crippen LogP contribution >= 0.6 is 15.9 Å². The Labute approximate surface area is 150 Å². The van der Waals surface area contributed by atoms with E-state index < -0.39 is 0 Å². The number of ether oxygens (including phenoxy) is 3. The summed E-state index contributed by atoms with van der Waals surface area (Å²) in [4.78, 5) is 11.3. The molecule has 0 radical (unpaired) electrons. The largest absolute Gasteiger partial charge is 0.496 e. The van der Waals surface area contributed by atoms with Gasteiger partial charge in [-0.25, -0.2) is 0 Å². The summed E-state index contributed by atoms with van der Waals surface area (Å²) in [7, 11) is 4.71. The van der Waals surface area contributed by atoms with Crippen molar-refractivity contribution in [2.45, 2.75) is 19.3 Å². The number of halogens is 1. The SMILES string of the molecule is COC(=O)CCc1cccc(Cc2c(OC)ccc(Br)c2OC)c1. The van der Waals surface area contributed by atoms with Gasteiger partial charge in [0.1, 0.15) is 11.5 Å². The number of carbonyl (C=O) groups excluding carboxylic acids is 1. The fourth-order valence-corrected chi connectivity index (χ4v) is 3.14. The summed E-state index contributed by atoms with van der Waals surface area (Å²) in [6, 6.07) is 12.0.